The molecule has 6 nitrogen and oxygen atoms in total. The molecular formula is C18H16F3NO5S. The van der Waals surface area contributed by atoms with Crippen LogP contribution in [0.1, 0.15) is 24.5 Å². The molecule has 1 aromatic carbocycles. The third kappa shape index (κ3) is 3.91. The highest BCUT2D eigenvalue weighted by Crippen LogP contribution is 2.37. The lowest BCUT2D eigenvalue weighted by Gasteiger charge is -2.15. The Kier molecular flexibility index (Phi) is 5.50. The molecule has 3 rings (SSSR count). The van der Waals surface area contributed by atoms with Crippen molar-refractivity contribution < 1.29 is 27.4 Å². The Morgan fingerprint density at radius 1 is 1.29 bits per heavy atom. The van der Waals surface area contributed by atoms with E-state index in [4.69, 9.17) is 9.15 Å². The zero-order valence-corrected chi connectivity index (χ0v) is 15.5. The smallest absolute Gasteiger partial charge is 0.417 e. The fourth-order valence-electron chi connectivity index (χ4n) is 2.90. The van der Waals surface area contributed by atoms with Crippen molar-refractivity contribution in [3.05, 3.63) is 54.8 Å². The van der Waals surface area contributed by atoms with E-state index in [1.54, 1.807) is 0 Å². The van der Waals surface area contributed by atoms with E-state index in [1.165, 1.54) is 17.5 Å². The van der Waals surface area contributed by atoms with E-state index in [-0.39, 0.29) is 40.6 Å². The summed E-state index contributed by atoms with van der Waals surface area (Å²) in [5, 5.41) is 10.7. The van der Waals surface area contributed by atoms with Gasteiger partial charge in [-0.1, -0.05) is 24.7 Å². The van der Waals surface area contributed by atoms with Gasteiger partial charge < -0.3 is 14.3 Å². The third-order valence-corrected chi connectivity index (χ3v) is 4.86. The molecule has 0 aliphatic rings. The van der Waals surface area contributed by atoms with Crippen LogP contribution in [0.25, 0.3) is 11.0 Å². The highest BCUT2D eigenvalue weighted by atomic mass is 32.1. The van der Waals surface area contributed by atoms with Crippen molar-refractivity contribution >= 4 is 22.3 Å². The molecule has 0 unspecified atom stereocenters. The molecular weight excluding hydrogens is 399 g/mol. The van der Waals surface area contributed by atoms with Crippen LogP contribution in [0.15, 0.2) is 37.6 Å². The fourth-order valence-corrected chi connectivity index (χ4v) is 3.54. The summed E-state index contributed by atoms with van der Waals surface area (Å²) in [5.74, 6) is 0.0753. The summed E-state index contributed by atoms with van der Waals surface area (Å²) in [6, 6.07) is 3.02. The molecule has 2 heterocycles. The minimum absolute atomic E-state index is 0.00435. The molecule has 0 fully saturated rings. The van der Waals surface area contributed by atoms with Crippen molar-refractivity contribution in [2.75, 3.05) is 6.61 Å². The molecule has 10 heteroatoms. The van der Waals surface area contributed by atoms with Gasteiger partial charge in [0.25, 0.3) is 0 Å². The highest BCUT2D eigenvalue weighted by molar-refractivity contribution is 7.07. The third-order valence-electron chi connectivity index (χ3n) is 4.11. The maximum absolute atomic E-state index is 13.3. The van der Waals surface area contributed by atoms with E-state index < -0.39 is 17.4 Å². The van der Waals surface area contributed by atoms with E-state index in [0.29, 0.717) is 24.5 Å². The lowest BCUT2D eigenvalue weighted by Crippen LogP contribution is -2.18. The maximum Gasteiger partial charge on any atom is 0.417 e. The number of rotatable bonds is 6. The number of hydrogen-bond donors (Lipinski definition) is 1. The van der Waals surface area contributed by atoms with Gasteiger partial charge in [-0.15, -0.1) is 0 Å². The number of benzene rings is 1. The number of halogens is 3. The summed E-state index contributed by atoms with van der Waals surface area (Å²) >= 11 is 0.841. The minimum atomic E-state index is -4.70. The number of aromatic nitrogens is 1. The minimum Gasteiger partial charge on any atom is -0.494 e. The highest BCUT2D eigenvalue weighted by Gasteiger charge is 2.34. The van der Waals surface area contributed by atoms with Gasteiger partial charge in [-0.25, -0.2) is 4.79 Å². The van der Waals surface area contributed by atoms with Crippen molar-refractivity contribution in [1.29, 1.82) is 0 Å². The lowest BCUT2D eigenvalue weighted by molar-refractivity contribution is -0.136. The fraction of sp³-hybridized carbons (Fsp3) is 0.333. The Balaban J connectivity index is 2.00. The number of thiazole rings is 1. The van der Waals surface area contributed by atoms with Crippen molar-refractivity contribution in [3.63, 3.8) is 0 Å². The average Bonchev–Trinajstić information content (AvgIpc) is 2.94. The Bertz CT molecular complexity index is 1110. The van der Waals surface area contributed by atoms with Crippen LogP contribution in [0.3, 0.4) is 0 Å². The Morgan fingerprint density at radius 3 is 2.64 bits per heavy atom. The summed E-state index contributed by atoms with van der Waals surface area (Å²) in [5.41, 5.74) is -1.96. The van der Waals surface area contributed by atoms with Crippen molar-refractivity contribution in [2.24, 2.45) is 0 Å². The number of aromatic hydroxyl groups is 1. The van der Waals surface area contributed by atoms with Gasteiger partial charge in [0, 0.05) is 17.0 Å². The predicted molar refractivity (Wildman–Crippen MR) is 97.2 cm³/mol. The largest absolute Gasteiger partial charge is 0.494 e. The first kappa shape index (κ1) is 20.0. The van der Waals surface area contributed by atoms with Crippen LogP contribution in [0.4, 0.5) is 13.2 Å². The molecule has 150 valence electrons. The summed E-state index contributed by atoms with van der Waals surface area (Å²) in [7, 11) is 0. The molecule has 1 N–H and O–H groups in total. The molecule has 0 radical (unpaired) electrons. The summed E-state index contributed by atoms with van der Waals surface area (Å²) in [6.45, 7) is 1.89. The van der Waals surface area contributed by atoms with Gasteiger partial charge in [-0.05, 0) is 18.6 Å². The number of alkyl halides is 3. The quantitative estimate of drug-likeness (QED) is 0.620. The van der Waals surface area contributed by atoms with E-state index in [9.17, 15) is 27.9 Å². The maximum atomic E-state index is 13.3. The monoisotopic (exact) mass is 415 g/mol. The molecule has 0 saturated carbocycles. The van der Waals surface area contributed by atoms with Gasteiger partial charge in [0.2, 0.25) is 5.88 Å². The van der Waals surface area contributed by atoms with Gasteiger partial charge in [-0.2, -0.15) is 13.2 Å². The second kappa shape index (κ2) is 7.70. The van der Waals surface area contributed by atoms with Gasteiger partial charge >= 0.3 is 16.7 Å². The van der Waals surface area contributed by atoms with Gasteiger partial charge in [-0.3, -0.25) is 9.36 Å². The molecule has 0 aliphatic carbocycles. The standard InChI is InChI=1S/C18H16F3NO5S/c1-2-3-11-13(26-7-6-22-14(23)9-28-17(22)25)5-4-10-12(18(19,20)21)8-15(24)27-16(10)11/h4-5,8-9,23H,2-3,6-7H2,1H3. The van der Waals surface area contributed by atoms with Crippen LogP contribution in [0.5, 0.6) is 11.6 Å². The van der Waals surface area contributed by atoms with Crippen LogP contribution in [-0.2, 0) is 19.1 Å². The van der Waals surface area contributed by atoms with E-state index in [2.05, 4.69) is 0 Å². The number of ether oxygens (including phenoxy) is 1. The first-order chi connectivity index (χ1) is 13.2. The van der Waals surface area contributed by atoms with Gasteiger partial charge in [0.05, 0.1) is 17.5 Å². The van der Waals surface area contributed by atoms with Crippen molar-refractivity contribution in [3.8, 4) is 11.6 Å². The molecule has 0 saturated heterocycles. The van der Waals surface area contributed by atoms with E-state index in [1.807, 2.05) is 6.92 Å². The molecule has 0 aliphatic heterocycles. The Morgan fingerprint density at radius 2 is 2.04 bits per heavy atom. The second-order valence-electron chi connectivity index (χ2n) is 6.01. The zero-order valence-electron chi connectivity index (χ0n) is 14.7. The van der Waals surface area contributed by atoms with Gasteiger partial charge in [0.15, 0.2) is 0 Å². The van der Waals surface area contributed by atoms with Gasteiger partial charge in [0.1, 0.15) is 17.9 Å². The first-order valence-corrected chi connectivity index (χ1v) is 9.27. The van der Waals surface area contributed by atoms with Crippen LogP contribution in [0, 0.1) is 0 Å². The number of hydrogen-bond acceptors (Lipinski definition) is 6. The van der Waals surface area contributed by atoms with Crippen LogP contribution in [-0.4, -0.2) is 16.3 Å². The molecule has 0 bridgehead atoms. The first-order valence-electron chi connectivity index (χ1n) is 8.39. The summed E-state index contributed by atoms with van der Waals surface area (Å²) in [4.78, 5) is 22.9. The zero-order chi connectivity index (χ0) is 20.5. The Labute approximate surface area is 160 Å². The summed E-state index contributed by atoms with van der Waals surface area (Å²) in [6.07, 6.45) is -3.78. The second-order valence-corrected chi connectivity index (χ2v) is 6.83. The lowest BCUT2D eigenvalue weighted by atomic mass is 10.0. The number of nitrogens with zero attached hydrogens (tertiary/aromatic N) is 1. The number of fused-ring (bicyclic) bond motifs is 1. The SMILES string of the molecule is CCCc1c(OCCn2c(O)csc2=O)ccc2c(C(F)(F)F)cc(=O)oc12. The topological polar surface area (TPSA) is 81.7 Å². The number of aryl methyl sites for hydroxylation is 1. The molecule has 2 aromatic heterocycles. The van der Waals surface area contributed by atoms with Crippen molar-refractivity contribution in [2.45, 2.75) is 32.5 Å². The average molecular weight is 415 g/mol. The van der Waals surface area contributed by atoms with Crippen LogP contribution in [0.2, 0.25) is 0 Å². The van der Waals surface area contributed by atoms with E-state index in [0.717, 1.165) is 15.9 Å². The van der Waals surface area contributed by atoms with Crippen LogP contribution >= 0.6 is 11.3 Å². The van der Waals surface area contributed by atoms with E-state index >= 15 is 0 Å². The molecule has 0 atom stereocenters. The Hall–Kier alpha value is -2.75. The molecule has 0 amide bonds. The van der Waals surface area contributed by atoms with Crippen molar-refractivity contribution in [1.82, 2.24) is 4.57 Å². The van der Waals surface area contributed by atoms with Crippen LogP contribution < -0.4 is 15.2 Å². The molecule has 28 heavy (non-hydrogen) atoms. The molecule has 0 spiro atoms. The predicted octanol–water partition coefficient (Wildman–Crippen LogP) is 3.77. The normalized spacial score (nSPS) is 11.9. The molecule has 3 aromatic rings. The summed E-state index contributed by atoms with van der Waals surface area (Å²) < 4.78 is 51.7.